The Morgan fingerprint density at radius 1 is 0.658 bits per heavy atom. The van der Waals surface area contributed by atoms with Gasteiger partial charge in [0.05, 0.1) is 6.61 Å². The first kappa shape index (κ1) is 30.0. The lowest BCUT2D eigenvalue weighted by atomic mass is 10.3. The van der Waals surface area contributed by atoms with E-state index in [1.54, 1.807) is 27.4 Å². The molecule has 0 unspecified atom stereocenters. The van der Waals surface area contributed by atoms with E-state index in [2.05, 4.69) is 72.8 Å². The highest BCUT2D eigenvalue weighted by molar-refractivity contribution is 8.01. The van der Waals surface area contributed by atoms with Gasteiger partial charge in [0, 0.05) is 33.4 Å². The predicted molar refractivity (Wildman–Crippen MR) is 155 cm³/mol. The fraction of sp³-hybridized carbons (Fsp3) is 0.200. The average molecular weight is 614 g/mol. The van der Waals surface area contributed by atoms with E-state index in [0.29, 0.717) is 19.1 Å². The van der Waals surface area contributed by atoms with Gasteiger partial charge < -0.3 is 40.1 Å². The molecule has 0 saturated carbocycles. The van der Waals surface area contributed by atoms with Gasteiger partial charge in [-0.25, -0.2) is 0 Å². The molecular formula is C30H34BrO5PSi. The Morgan fingerprint density at radius 2 is 1.11 bits per heavy atom. The van der Waals surface area contributed by atoms with Crippen LogP contribution in [0.4, 0.5) is 0 Å². The van der Waals surface area contributed by atoms with Crippen LogP contribution in [0.3, 0.4) is 0 Å². The Labute approximate surface area is 237 Å². The number of benzene rings is 4. The standard InChI is InChI=1S/C30H33O5PSi.BrH/c1-32-37(33-2,34-3)23-13-22-35-29-21-20-25(31)24-30(29)36(26-14-7-4-8-15-26,27-16-9-5-10-17-27)28-18-11-6-12-19-28;/h4-12,14-21,24H,13,22-23H2,1-3H3;1H. The molecule has 0 fully saturated rings. The van der Waals surface area contributed by atoms with Crippen molar-refractivity contribution in [2.45, 2.75) is 12.5 Å². The third-order valence-electron chi connectivity index (χ3n) is 6.55. The zero-order chi connectivity index (χ0) is 26.1. The van der Waals surface area contributed by atoms with E-state index in [1.165, 1.54) is 15.9 Å². The van der Waals surface area contributed by atoms with Crippen molar-refractivity contribution < 1.29 is 40.1 Å². The Hall–Kier alpha value is -2.51. The first-order valence-corrected chi connectivity index (χ1v) is 16.0. The lowest BCUT2D eigenvalue weighted by Gasteiger charge is -2.29. The van der Waals surface area contributed by atoms with Gasteiger partial charge in [0.15, 0.2) is 11.1 Å². The van der Waals surface area contributed by atoms with E-state index >= 15 is 0 Å². The maximum Gasteiger partial charge on any atom is 0.500 e. The quantitative estimate of drug-likeness (QED) is 0.150. The highest BCUT2D eigenvalue weighted by atomic mass is 79.9. The van der Waals surface area contributed by atoms with Crippen molar-refractivity contribution in [3.8, 4) is 11.5 Å². The van der Waals surface area contributed by atoms with Gasteiger partial charge in [-0.3, -0.25) is 0 Å². The van der Waals surface area contributed by atoms with Crippen molar-refractivity contribution in [2.75, 3.05) is 27.9 Å². The summed E-state index contributed by atoms with van der Waals surface area (Å²) >= 11 is 0. The molecule has 38 heavy (non-hydrogen) atoms. The van der Waals surface area contributed by atoms with Crippen LogP contribution in [0.5, 0.6) is 11.5 Å². The third-order valence-corrected chi connectivity index (χ3v) is 13.7. The molecule has 0 atom stereocenters. The van der Waals surface area contributed by atoms with Crippen LogP contribution in [0, 0.1) is 0 Å². The minimum Gasteiger partial charge on any atom is -1.00 e. The molecule has 0 heterocycles. The minimum absolute atomic E-state index is 0. The number of hydrogen-bond donors (Lipinski definition) is 1. The Balaban J connectivity index is 0.00000400. The van der Waals surface area contributed by atoms with Crippen LogP contribution in [-0.4, -0.2) is 41.8 Å². The second-order valence-corrected chi connectivity index (χ2v) is 15.0. The van der Waals surface area contributed by atoms with Crippen LogP contribution in [0.15, 0.2) is 109 Å². The molecule has 4 rings (SSSR count). The Bertz CT molecular complexity index is 1150. The van der Waals surface area contributed by atoms with E-state index in [0.717, 1.165) is 11.1 Å². The predicted octanol–water partition coefficient (Wildman–Crippen LogP) is 1.66. The highest BCUT2D eigenvalue weighted by Gasteiger charge is 2.50. The zero-order valence-electron chi connectivity index (χ0n) is 21.9. The first-order valence-electron chi connectivity index (χ1n) is 12.3. The number of hydrogen-bond acceptors (Lipinski definition) is 5. The van der Waals surface area contributed by atoms with Crippen molar-refractivity contribution >= 4 is 37.3 Å². The monoisotopic (exact) mass is 612 g/mol. The van der Waals surface area contributed by atoms with Crippen molar-refractivity contribution in [1.29, 1.82) is 0 Å². The van der Waals surface area contributed by atoms with Gasteiger partial charge in [-0.1, -0.05) is 54.6 Å². The fourth-order valence-corrected chi connectivity index (χ4v) is 10.8. The highest BCUT2D eigenvalue weighted by Crippen LogP contribution is 2.56. The van der Waals surface area contributed by atoms with Gasteiger partial charge in [-0.15, -0.1) is 0 Å². The summed E-state index contributed by atoms with van der Waals surface area (Å²) in [5.74, 6) is 0.960. The summed E-state index contributed by atoms with van der Waals surface area (Å²) in [5.41, 5.74) is 0. The molecule has 0 aliphatic heterocycles. The summed E-state index contributed by atoms with van der Waals surface area (Å²) < 4.78 is 23.2. The summed E-state index contributed by atoms with van der Waals surface area (Å²) in [5, 5.41) is 15.3. The van der Waals surface area contributed by atoms with Crippen LogP contribution in [0.2, 0.25) is 6.04 Å². The van der Waals surface area contributed by atoms with Gasteiger partial charge in [0.2, 0.25) is 0 Å². The maximum atomic E-state index is 10.7. The lowest BCUT2D eigenvalue weighted by molar-refractivity contribution is -0.0000130. The molecule has 0 spiro atoms. The van der Waals surface area contributed by atoms with Crippen molar-refractivity contribution in [3.05, 3.63) is 109 Å². The molecule has 0 aliphatic carbocycles. The van der Waals surface area contributed by atoms with E-state index in [9.17, 15) is 5.11 Å². The van der Waals surface area contributed by atoms with Crippen LogP contribution < -0.4 is 42.9 Å². The molecule has 5 nitrogen and oxygen atoms in total. The second kappa shape index (κ2) is 14.0. The second-order valence-electron chi connectivity index (χ2n) is 8.58. The van der Waals surface area contributed by atoms with Crippen LogP contribution >= 0.6 is 7.26 Å². The normalized spacial score (nSPS) is 11.6. The van der Waals surface area contributed by atoms with Gasteiger partial charge in [-0.05, 0) is 55.0 Å². The number of aromatic hydroxyl groups is 1. The van der Waals surface area contributed by atoms with E-state index < -0.39 is 16.1 Å². The summed E-state index contributed by atoms with van der Waals surface area (Å²) in [6.07, 6.45) is 0.704. The zero-order valence-corrected chi connectivity index (χ0v) is 25.4. The third kappa shape index (κ3) is 6.20. The Kier molecular flexibility index (Phi) is 11.1. The van der Waals surface area contributed by atoms with Crippen LogP contribution in [0.25, 0.3) is 0 Å². The molecule has 0 amide bonds. The fourth-order valence-electron chi connectivity index (χ4n) is 4.74. The molecule has 200 valence electrons. The molecule has 0 saturated heterocycles. The van der Waals surface area contributed by atoms with Crippen LogP contribution in [-0.2, 0) is 13.3 Å². The molecule has 0 radical (unpaired) electrons. The SMILES string of the molecule is CO[Si](CCCOc1ccc(O)cc1[P+](c1ccccc1)(c1ccccc1)c1ccccc1)(OC)OC.[Br-]. The van der Waals surface area contributed by atoms with Gasteiger partial charge >= 0.3 is 8.80 Å². The molecule has 8 heteroatoms. The van der Waals surface area contributed by atoms with E-state index in [-0.39, 0.29) is 22.7 Å². The summed E-state index contributed by atoms with van der Waals surface area (Å²) in [6, 6.07) is 37.7. The average Bonchev–Trinajstić information content (AvgIpc) is 2.97. The van der Waals surface area contributed by atoms with Crippen molar-refractivity contribution in [1.82, 2.24) is 0 Å². The van der Waals surface area contributed by atoms with Gasteiger partial charge in [0.1, 0.15) is 28.9 Å². The number of phenols is 1. The smallest absolute Gasteiger partial charge is 0.500 e. The summed E-state index contributed by atoms with van der Waals surface area (Å²) in [7, 11) is -0.240. The van der Waals surface area contributed by atoms with E-state index in [4.69, 9.17) is 18.0 Å². The molecule has 1 N–H and O–H groups in total. The molecule has 0 aliphatic rings. The van der Waals surface area contributed by atoms with Crippen molar-refractivity contribution in [2.24, 2.45) is 0 Å². The lowest BCUT2D eigenvalue weighted by Crippen LogP contribution is -3.00. The summed E-state index contributed by atoms with van der Waals surface area (Å²) in [4.78, 5) is 0. The number of halogens is 1. The molecule has 4 aromatic carbocycles. The largest absolute Gasteiger partial charge is 1.00 e. The maximum absolute atomic E-state index is 10.7. The van der Waals surface area contributed by atoms with E-state index in [1.807, 2.05) is 30.3 Å². The Morgan fingerprint density at radius 3 is 1.53 bits per heavy atom. The van der Waals surface area contributed by atoms with Crippen molar-refractivity contribution in [3.63, 3.8) is 0 Å². The van der Waals surface area contributed by atoms with Crippen LogP contribution in [0.1, 0.15) is 6.42 Å². The molecule has 0 aromatic heterocycles. The molecule has 4 aromatic rings. The first-order chi connectivity index (χ1) is 18.1. The summed E-state index contributed by atoms with van der Waals surface area (Å²) in [6.45, 7) is 0.459. The van der Waals surface area contributed by atoms with Gasteiger partial charge in [0.25, 0.3) is 0 Å². The minimum atomic E-state index is -2.69. The molecule has 0 bridgehead atoms. The number of phenolic OH excluding ortho intramolecular Hbond substituents is 1. The molecular weight excluding hydrogens is 579 g/mol. The van der Waals surface area contributed by atoms with Gasteiger partial charge in [-0.2, -0.15) is 0 Å². The number of rotatable bonds is 12. The topological polar surface area (TPSA) is 57.2 Å². The number of ether oxygens (including phenoxy) is 1.